The van der Waals surface area contributed by atoms with Gasteiger partial charge in [0.15, 0.2) is 11.5 Å². The van der Waals surface area contributed by atoms with E-state index >= 15 is 0 Å². The smallest absolute Gasteiger partial charge is 0.270 e. The highest BCUT2D eigenvalue weighted by molar-refractivity contribution is 14.1. The molecule has 0 aliphatic rings. The molecular weight excluding hydrogens is 451 g/mol. The highest BCUT2D eigenvalue weighted by Crippen LogP contribution is 2.28. The van der Waals surface area contributed by atoms with Gasteiger partial charge in [-0.05, 0) is 53.3 Å². The first-order valence-electron chi connectivity index (χ1n) is 7.85. The number of hydrogen-bond acceptors (Lipinski definition) is 5. The molecule has 0 bridgehead atoms. The van der Waals surface area contributed by atoms with Gasteiger partial charge in [-0.25, -0.2) is 0 Å². The van der Waals surface area contributed by atoms with Gasteiger partial charge in [0, 0.05) is 28.8 Å². The molecule has 138 valence electrons. The summed E-state index contributed by atoms with van der Waals surface area (Å²) in [5.74, 6) is 0.938. The monoisotopic (exact) mass is 470 g/mol. The van der Waals surface area contributed by atoms with E-state index in [-0.39, 0.29) is 11.6 Å². The van der Waals surface area contributed by atoms with Crippen LogP contribution in [0.15, 0.2) is 36.4 Å². The Morgan fingerprint density at radius 3 is 2.42 bits per heavy atom. The molecule has 0 aliphatic heterocycles. The van der Waals surface area contributed by atoms with Gasteiger partial charge in [0.25, 0.3) is 11.6 Å². The van der Waals surface area contributed by atoms with Gasteiger partial charge in [-0.2, -0.15) is 0 Å². The zero-order valence-corrected chi connectivity index (χ0v) is 16.8. The molecule has 2 rings (SSSR count). The van der Waals surface area contributed by atoms with Crippen LogP contribution in [0.1, 0.15) is 22.8 Å². The predicted octanol–water partition coefficient (Wildman–Crippen LogP) is 3.88. The first-order chi connectivity index (χ1) is 12.4. The normalized spacial score (nSPS) is 10.3. The Morgan fingerprint density at radius 1 is 1.15 bits per heavy atom. The molecule has 1 amide bonds. The summed E-state index contributed by atoms with van der Waals surface area (Å²) in [5, 5.41) is 11.0. The number of nitro benzene ring substituents is 1. The SMILES string of the molecule is CCN(Cc1ccc(OC)c(OC)c1)C(=O)c1cc([N+](=O)[O-])ccc1I. The molecular formula is C18H19IN2O5. The molecule has 0 unspecified atom stereocenters. The molecule has 26 heavy (non-hydrogen) atoms. The van der Waals surface area contributed by atoms with E-state index in [9.17, 15) is 14.9 Å². The highest BCUT2D eigenvalue weighted by atomic mass is 127. The Bertz CT molecular complexity index is 825. The van der Waals surface area contributed by atoms with E-state index in [1.807, 2.05) is 41.6 Å². The lowest BCUT2D eigenvalue weighted by atomic mass is 10.1. The summed E-state index contributed by atoms with van der Waals surface area (Å²) in [6.45, 7) is 2.68. The number of methoxy groups -OCH3 is 2. The van der Waals surface area contributed by atoms with Gasteiger partial charge < -0.3 is 14.4 Å². The third kappa shape index (κ3) is 4.43. The highest BCUT2D eigenvalue weighted by Gasteiger charge is 2.21. The second-order valence-corrected chi connectivity index (χ2v) is 6.59. The minimum absolute atomic E-state index is 0.101. The van der Waals surface area contributed by atoms with Crippen molar-refractivity contribution in [2.45, 2.75) is 13.5 Å². The molecule has 0 heterocycles. The molecule has 0 radical (unpaired) electrons. The van der Waals surface area contributed by atoms with Crippen LogP contribution in [0.5, 0.6) is 11.5 Å². The van der Waals surface area contributed by atoms with Crippen molar-refractivity contribution in [1.82, 2.24) is 4.90 Å². The van der Waals surface area contributed by atoms with Gasteiger partial charge in [-0.1, -0.05) is 6.07 Å². The molecule has 8 heteroatoms. The number of halogens is 1. The van der Waals surface area contributed by atoms with Crippen molar-refractivity contribution in [3.63, 3.8) is 0 Å². The molecule has 7 nitrogen and oxygen atoms in total. The molecule has 2 aromatic carbocycles. The van der Waals surface area contributed by atoms with Crippen LogP contribution in [0.25, 0.3) is 0 Å². The lowest BCUT2D eigenvalue weighted by Crippen LogP contribution is -2.31. The molecule has 0 atom stereocenters. The zero-order chi connectivity index (χ0) is 19.3. The van der Waals surface area contributed by atoms with Crippen molar-refractivity contribution in [2.75, 3.05) is 20.8 Å². The van der Waals surface area contributed by atoms with E-state index in [4.69, 9.17) is 9.47 Å². The lowest BCUT2D eigenvalue weighted by molar-refractivity contribution is -0.384. The number of hydrogen-bond donors (Lipinski definition) is 0. The number of nitro groups is 1. The number of carbonyl (C=O) groups excluding carboxylic acids is 1. The first kappa shape index (κ1) is 20.0. The molecule has 0 aliphatic carbocycles. The Hall–Kier alpha value is -2.36. The number of amides is 1. The Morgan fingerprint density at radius 2 is 1.85 bits per heavy atom. The van der Waals surface area contributed by atoms with E-state index in [1.165, 1.54) is 12.1 Å². The Kier molecular flexibility index (Phi) is 6.78. The number of non-ortho nitro benzene ring substituents is 1. The summed E-state index contributed by atoms with van der Waals surface area (Å²) in [6.07, 6.45) is 0. The maximum Gasteiger partial charge on any atom is 0.270 e. The van der Waals surface area contributed by atoms with Crippen LogP contribution in [0.2, 0.25) is 0 Å². The van der Waals surface area contributed by atoms with Gasteiger partial charge in [-0.15, -0.1) is 0 Å². The predicted molar refractivity (Wildman–Crippen MR) is 106 cm³/mol. The molecule has 0 saturated carbocycles. The van der Waals surface area contributed by atoms with Crippen molar-refractivity contribution < 1.29 is 19.2 Å². The molecule has 2 aromatic rings. The van der Waals surface area contributed by atoms with E-state index in [1.54, 1.807) is 31.3 Å². The fourth-order valence-corrected chi connectivity index (χ4v) is 3.05. The third-order valence-corrected chi connectivity index (χ3v) is 4.82. The van der Waals surface area contributed by atoms with Crippen LogP contribution >= 0.6 is 22.6 Å². The van der Waals surface area contributed by atoms with Crippen LogP contribution < -0.4 is 9.47 Å². The minimum atomic E-state index is -0.502. The molecule has 0 spiro atoms. The van der Waals surface area contributed by atoms with Gasteiger partial charge in [0.05, 0.1) is 24.7 Å². The topological polar surface area (TPSA) is 81.9 Å². The number of benzene rings is 2. The summed E-state index contributed by atoms with van der Waals surface area (Å²) in [5.41, 5.74) is 1.09. The molecule has 0 fully saturated rings. The van der Waals surface area contributed by atoms with Crippen LogP contribution in [0.3, 0.4) is 0 Å². The zero-order valence-electron chi connectivity index (χ0n) is 14.7. The Balaban J connectivity index is 2.30. The van der Waals surface area contributed by atoms with Crippen LogP contribution in [-0.4, -0.2) is 36.5 Å². The fraction of sp³-hybridized carbons (Fsp3) is 0.278. The quantitative estimate of drug-likeness (QED) is 0.349. The van der Waals surface area contributed by atoms with Crippen molar-refractivity contribution in [3.8, 4) is 11.5 Å². The number of carbonyl (C=O) groups is 1. The summed E-state index contributed by atoms with van der Waals surface area (Å²) in [6, 6.07) is 9.74. The van der Waals surface area contributed by atoms with Crippen LogP contribution in [0.4, 0.5) is 5.69 Å². The lowest BCUT2D eigenvalue weighted by Gasteiger charge is -2.22. The van der Waals surface area contributed by atoms with Crippen molar-refractivity contribution in [2.24, 2.45) is 0 Å². The number of rotatable bonds is 7. The second-order valence-electron chi connectivity index (χ2n) is 5.43. The van der Waals surface area contributed by atoms with Crippen LogP contribution in [-0.2, 0) is 6.54 Å². The summed E-state index contributed by atoms with van der Waals surface area (Å²) >= 11 is 2.01. The average Bonchev–Trinajstić information content (AvgIpc) is 2.65. The van der Waals surface area contributed by atoms with Crippen molar-refractivity contribution >= 4 is 34.2 Å². The third-order valence-electron chi connectivity index (χ3n) is 3.88. The standard InChI is InChI=1S/C18H19IN2O5/c1-4-20(11-12-5-8-16(25-2)17(9-12)26-3)18(22)14-10-13(21(23)24)6-7-15(14)19/h5-10H,4,11H2,1-3H3. The van der Waals surface area contributed by atoms with Crippen LogP contribution in [0, 0.1) is 13.7 Å². The summed E-state index contributed by atoms with van der Waals surface area (Å²) in [7, 11) is 3.11. The maximum atomic E-state index is 12.9. The van der Waals surface area contributed by atoms with E-state index in [0.29, 0.717) is 33.7 Å². The number of ether oxygens (including phenoxy) is 2. The molecule has 0 saturated heterocycles. The Labute approximate surface area is 165 Å². The van der Waals surface area contributed by atoms with E-state index in [2.05, 4.69) is 0 Å². The van der Waals surface area contributed by atoms with Crippen molar-refractivity contribution in [1.29, 1.82) is 0 Å². The maximum absolute atomic E-state index is 12.9. The second kappa shape index (κ2) is 8.84. The van der Waals surface area contributed by atoms with E-state index < -0.39 is 4.92 Å². The van der Waals surface area contributed by atoms with Gasteiger partial charge in [0.1, 0.15) is 0 Å². The average molecular weight is 470 g/mol. The van der Waals surface area contributed by atoms with Gasteiger partial charge >= 0.3 is 0 Å². The molecule has 0 N–H and O–H groups in total. The summed E-state index contributed by atoms with van der Waals surface area (Å²) in [4.78, 5) is 25.0. The van der Waals surface area contributed by atoms with E-state index in [0.717, 1.165) is 5.56 Å². The number of nitrogens with zero attached hydrogens (tertiary/aromatic N) is 2. The minimum Gasteiger partial charge on any atom is -0.493 e. The largest absolute Gasteiger partial charge is 0.493 e. The molecule has 0 aromatic heterocycles. The van der Waals surface area contributed by atoms with Gasteiger partial charge in [0.2, 0.25) is 0 Å². The van der Waals surface area contributed by atoms with Gasteiger partial charge in [-0.3, -0.25) is 14.9 Å². The first-order valence-corrected chi connectivity index (χ1v) is 8.93. The van der Waals surface area contributed by atoms with Crippen molar-refractivity contribution in [3.05, 3.63) is 61.2 Å². The summed E-state index contributed by atoms with van der Waals surface area (Å²) < 4.78 is 11.2. The fourth-order valence-electron chi connectivity index (χ4n) is 2.49.